The largest absolute Gasteiger partial charge is 0.250 e. The first-order valence-corrected chi connectivity index (χ1v) is 3.48. The molecule has 1 rings (SSSR count). The van der Waals surface area contributed by atoms with E-state index in [1.54, 1.807) is 0 Å². The van der Waals surface area contributed by atoms with Crippen LogP contribution in [0.5, 0.6) is 0 Å². The Bertz CT molecular complexity index is 198. The van der Waals surface area contributed by atoms with Gasteiger partial charge in [-0.25, -0.2) is 0 Å². The van der Waals surface area contributed by atoms with E-state index in [9.17, 15) is 0 Å². The van der Waals surface area contributed by atoms with Gasteiger partial charge in [0.05, 0.1) is 0 Å². The fourth-order valence-corrected chi connectivity index (χ4v) is 0.855. The molecule has 0 aliphatic rings. The first-order chi connectivity index (χ1) is 4.70. The molecule has 0 aromatic heterocycles. The van der Waals surface area contributed by atoms with Gasteiger partial charge in [0.1, 0.15) is 0 Å². The molecule has 0 aliphatic heterocycles. The third-order valence-electron chi connectivity index (χ3n) is 1.58. The monoisotopic (exact) mass is 134 g/mol. The summed E-state index contributed by atoms with van der Waals surface area (Å²) < 4.78 is 0. The Morgan fingerprint density at radius 1 is 1.20 bits per heavy atom. The predicted molar refractivity (Wildman–Crippen MR) is 42.7 cm³/mol. The second kappa shape index (κ2) is 2.84. The van der Waals surface area contributed by atoms with E-state index in [0.717, 1.165) is 5.56 Å². The van der Waals surface area contributed by atoms with Gasteiger partial charge in [-0.05, 0) is 19.4 Å². The van der Waals surface area contributed by atoms with Crippen LogP contribution in [0.25, 0.3) is 0 Å². The van der Waals surface area contributed by atoms with Crippen molar-refractivity contribution in [3.8, 4) is 0 Å². The lowest BCUT2D eigenvalue weighted by Gasteiger charge is -2.02. The summed E-state index contributed by atoms with van der Waals surface area (Å²) in [6, 6.07) is 8.00. The molecule has 0 heterocycles. The molecule has 1 atom stereocenters. The molecule has 0 spiro atoms. The lowest BCUT2D eigenvalue weighted by Crippen LogP contribution is -1.91. The average molecular weight is 134 g/mol. The first kappa shape index (κ1) is 7.29. The number of aryl methyl sites for hydroxylation is 1. The van der Waals surface area contributed by atoms with Gasteiger partial charge in [0.25, 0.3) is 0 Å². The summed E-state index contributed by atoms with van der Waals surface area (Å²) in [5.41, 5.74) is 9.73. The van der Waals surface area contributed by atoms with Crippen molar-refractivity contribution < 1.29 is 0 Å². The predicted octanol–water partition coefficient (Wildman–Crippen LogP) is 2.34. The van der Waals surface area contributed by atoms with Crippen LogP contribution < -0.4 is 5.73 Å². The maximum atomic E-state index is 7.39. The Kier molecular flexibility index (Phi) is 2.07. The van der Waals surface area contributed by atoms with Gasteiger partial charge >= 0.3 is 0 Å². The van der Waals surface area contributed by atoms with Gasteiger partial charge in [-0.2, -0.15) is 0 Å². The Morgan fingerprint density at radius 2 is 1.70 bits per heavy atom. The van der Waals surface area contributed by atoms with Gasteiger partial charge in [0.2, 0.25) is 0 Å². The fraction of sp³-hybridized carbons (Fsp3) is 0.333. The third kappa shape index (κ3) is 1.58. The van der Waals surface area contributed by atoms with E-state index >= 15 is 0 Å². The van der Waals surface area contributed by atoms with Crippen molar-refractivity contribution in [2.75, 3.05) is 0 Å². The highest BCUT2D eigenvalue weighted by atomic mass is 14.6. The Balaban J connectivity index is 2.89. The highest BCUT2D eigenvalue weighted by Crippen LogP contribution is 2.10. The van der Waals surface area contributed by atoms with E-state index < -0.39 is 0 Å². The van der Waals surface area contributed by atoms with Gasteiger partial charge < -0.3 is 0 Å². The number of rotatable bonds is 1. The summed E-state index contributed by atoms with van der Waals surface area (Å²) in [4.78, 5) is 0. The van der Waals surface area contributed by atoms with Crippen molar-refractivity contribution in [2.24, 2.45) is 0 Å². The summed E-state index contributed by atoms with van der Waals surface area (Å²) in [5, 5.41) is 0. The van der Waals surface area contributed by atoms with E-state index in [0.29, 0.717) is 0 Å². The zero-order chi connectivity index (χ0) is 7.56. The van der Waals surface area contributed by atoms with Gasteiger partial charge in [-0.15, -0.1) is 0 Å². The molecule has 1 aromatic carbocycles. The molecule has 0 saturated carbocycles. The van der Waals surface area contributed by atoms with Gasteiger partial charge in [0, 0.05) is 6.04 Å². The van der Waals surface area contributed by atoms with Crippen LogP contribution in [-0.4, -0.2) is 0 Å². The molecule has 0 unspecified atom stereocenters. The molecule has 1 aromatic rings. The van der Waals surface area contributed by atoms with Gasteiger partial charge in [-0.3, -0.25) is 5.73 Å². The highest BCUT2D eigenvalue weighted by molar-refractivity contribution is 5.23. The number of hydrogen-bond donors (Lipinski definition) is 0. The van der Waals surface area contributed by atoms with Crippen LogP contribution in [-0.2, 0) is 0 Å². The summed E-state index contributed by atoms with van der Waals surface area (Å²) in [6.45, 7) is 3.93. The number of nitrogens with one attached hydrogen (secondary N) is 1. The summed E-state index contributed by atoms with van der Waals surface area (Å²) in [5.74, 6) is 0. The molecule has 1 N–H and O–H groups in total. The Hall–Kier alpha value is -0.820. The Labute approximate surface area is 61.9 Å². The summed E-state index contributed by atoms with van der Waals surface area (Å²) in [6.07, 6.45) is 0. The topological polar surface area (TPSA) is 23.8 Å². The molecule has 0 amide bonds. The highest BCUT2D eigenvalue weighted by Gasteiger charge is 1.96. The molecule has 1 nitrogen and oxygen atoms in total. The van der Waals surface area contributed by atoms with E-state index in [1.165, 1.54) is 5.56 Å². The minimum Gasteiger partial charge on any atom is -0.250 e. The zero-order valence-corrected chi connectivity index (χ0v) is 6.39. The molecule has 0 saturated heterocycles. The van der Waals surface area contributed by atoms with E-state index in [-0.39, 0.29) is 6.04 Å². The van der Waals surface area contributed by atoms with Crippen LogP contribution in [0, 0.1) is 6.92 Å². The molecule has 0 aliphatic carbocycles. The smallest absolute Gasteiger partial charge is 0.0434 e. The Morgan fingerprint density at radius 3 is 2.10 bits per heavy atom. The van der Waals surface area contributed by atoms with Crippen LogP contribution in [0.4, 0.5) is 0 Å². The lowest BCUT2D eigenvalue weighted by atomic mass is 10.1. The van der Waals surface area contributed by atoms with Gasteiger partial charge in [0.15, 0.2) is 0 Å². The van der Waals surface area contributed by atoms with Crippen molar-refractivity contribution in [2.45, 2.75) is 19.9 Å². The normalized spacial score (nSPS) is 13.1. The van der Waals surface area contributed by atoms with Crippen molar-refractivity contribution in [1.29, 1.82) is 0 Å². The SMILES string of the molecule is Cc1ccc([C@@H](C)[NH])cc1. The lowest BCUT2D eigenvalue weighted by molar-refractivity contribution is 0.787. The third-order valence-corrected chi connectivity index (χ3v) is 1.58. The summed E-state index contributed by atoms with van der Waals surface area (Å²) >= 11 is 0. The van der Waals surface area contributed by atoms with Crippen LogP contribution in [0.15, 0.2) is 24.3 Å². The molecule has 0 bridgehead atoms. The second-order valence-electron chi connectivity index (χ2n) is 2.63. The van der Waals surface area contributed by atoms with E-state index in [1.807, 2.05) is 31.2 Å². The summed E-state index contributed by atoms with van der Waals surface area (Å²) in [7, 11) is 0. The van der Waals surface area contributed by atoms with Crippen molar-refractivity contribution in [1.82, 2.24) is 5.73 Å². The van der Waals surface area contributed by atoms with Crippen LogP contribution in [0.2, 0.25) is 0 Å². The first-order valence-electron chi connectivity index (χ1n) is 3.48. The zero-order valence-electron chi connectivity index (χ0n) is 6.39. The molecule has 53 valence electrons. The van der Waals surface area contributed by atoms with E-state index in [2.05, 4.69) is 6.92 Å². The van der Waals surface area contributed by atoms with Crippen LogP contribution in [0.3, 0.4) is 0 Å². The fourth-order valence-electron chi connectivity index (χ4n) is 0.855. The number of hydrogen-bond acceptors (Lipinski definition) is 0. The molecular weight excluding hydrogens is 122 g/mol. The second-order valence-corrected chi connectivity index (χ2v) is 2.63. The quantitative estimate of drug-likeness (QED) is 0.563. The molecule has 10 heavy (non-hydrogen) atoms. The van der Waals surface area contributed by atoms with Crippen LogP contribution >= 0.6 is 0 Å². The molecule has 1 heteroatoms. The van der Waals surface area contributed by atoms with Crippen LogP contribution in [0.1, 0.15) is 24.1 Å². The molecule has 1 radical (unpaired) electrons. The average Bonchev–Trinajstić information content (AvgIpc) is 1.88. The number of benzene rings is 1. The van der Waals surface area contributed by atoms with E-state index in [4.69, 9.17) is 5.73 Å². The van der Waals surface area contributed by atoms with Crippen molar-refractivity contribution in [3.63, 3.8) is 0 Å². The van der Waals surface area contributed by atoms with Crippen molar-refractivity contribution >= 4 is 0 Å². The van der Waals surface area contributed by atoms with Gasteiger partial charge in [-0.1, -0.05) is 29.8 Å². The maximum Gasteiger partial charge on any atom is 0.0434 e. The molecule has 0 fully saturated rings. The minimum absolute atomic E-state index is 0.0967. The minimum atomic E-state index is -0.0967. The van der Waals surface area contributed by atoms with Crippen molar-refractivity contribution in [3.05, 3.63) is 35.4 Å². The maximum absolute atomic E-state index is 7.39. The standard InChI is InChI=1S/C9H12N/c1-7-3-5-9(6-4-7)8(2)10/h3-6,8,10H,1-2H3/t8-/m1/s1. The molecular formula is C9H12N.